The molecule has 1 rings (SSSR count). The monoisotopic (exact) mass is 250 g/mol. The first-order chi connectivity index (χ1) is 8.49. The second kappa shape index (κ2) is 5.58. The number of anilines is 1. The molecule has 8 nitrogen and oxygen atoms in total. The summed E-state index contributed by atoms with van der Waals surface area (Å²) < 4.78 is 4.50. The van der Waals surface area contributed by atoms with Crippen LogP contribution in [0.3, 0.4) is 0 Å². The number of nitro groups is 1. The SMILES string of the molecule is COC(=O)C(C)Nc1ncc([N+](=O)[O-])cc1C#N. The lowest BCUT2D eigenvalue weighted by molar-refractivity contribution is -0.385. The van der Waals surface area contributed by atoms with E-state index in [1.54, 1.807) is 6.07 Å². The molecule has 1 aromatic heterocycles. The number of hydrogen-bond acceptors (Lipinski definition) is 7. The van der Waals surface area contributed by atoms with Crippen LogP contribution in [-0.2, 0) is 9.53 Å². The summed E-state index contributed by atoms with van der Waals surface area (Å²) in [5.41, 5.74) is -0.303. The number of carbonyl (C=O) groups is 1. The van der Waals surface area contributed by atoms with Gasteiger partial charge in [-0.15, -0.1) is 0 Å². The largest absolute Gasteiger partial charge is 0.467 e. The van der Waals surface area contributed by atoms with Crippen molar-refractivity contribution in [2.24, 2.45) is 0 Å². The average Bonchev–Trinajstić information content (AvgIpc) is 2.37. The molecule has 0 aromatic carbocycles. The number of esters is 1. The van der Waals surface area contributed by atoms with Crippen LogP contribution in [0.5, 0.6) is 0 Å². The van der Waals surface area contributed by atoms with Crippen LogP contribution in [0.15, 0.2) is 12.3 Å². The van der Waals surface area contributed by atoms with E-state index >= 15 is 0 Å². The maximum absolute atomic E-state index is 11.2. The highest BCUT2D eigenvalue weighted by Gasteiger charge is 2.17. The van der Waals surface area contributed by atoms with Crippen LogP contribution in [0.4, 0.5) is 11.5 Å². The highest BCUT2D eigenvalue weighted by Crippen LogP contribution is 2.18. The van der Waals surface area contributed by atoms with Gasteiger partial charge in [-0.3, -0.25) is 10.1 Å². The number of aromatic nitrogens is 1. The minimum atomic E-state index is -0.712. The summed E-state index contributed by atoms with van der Waals surface area (Å²) in [6, 6.07) is 2.14. The van der Waals surface area contributed by atoms with Crippen LogP contribution in [0, 0.1) is 21.4 Å². The molecule has 1 N–H and O–H groups in total. The predicted molar refractivity (Wildman–Crippen MR) is 60.7 cm³/mol. The molecule has 1 atom stereocenters. The Hall–Kier alpha value is -2.69. The van der Waals surface area contributed by atoms with Crippen LogP contribution in [-0.4, -0.2) is 29.0 Å². The highest BCUT2D eigenvalue weighted by molar-refractivity contribution is 5.78. The second-order valence-corrected chi connectivity index (χ2v) is 3.35. The molecule has 18 heavy (non-hydrogen) atoms. The Morgan fingerprint density at radius 3 is 2.89 bits per heavy atom. The van der Waals surface area contributed by atoms with Crippen molar-refractivity contribution in [3.8, 4) is 6.07 Å². The number of pyridine rings is 1. The molecule has 0 fully saturated rings. The molecule has 0 aliphatic carbocycles. The van der Waals surface area contributed by atoms with Crippen LogP contribution in [0.1, 0.15) is 12.5 Å². The lowest BCUT2D eigenvalue weighted by atomic mass is 10.2. The smallest absolute Gasteiger partial charge is 0.328 e. The van der Waals surface area contributed by atoms with E-state index in [2.05, 4.69) is 15.0 Å². The van der Waals surface area contributed by atoms with Gasteiger partial charge < -0.3 is 10.1 Å². The third kappa shape index (κ3) is 2.91. The summed E-state index contributed by atoms with van der Waals surface area (Å²) in [4.78, 5) is 24.8. The number of hydrogen-bond donors (Lipinski definition) is 1. The van der Waals surface area contributed by atoms with E-state index in [1.165, 1.54) is 14.0 Å². The van der Waals surface area contributed by atoms with E-state index in [0.29, 0.717) is 0 Å². The van der Waals surface area contributed by atoms with E-state index in [-0.39, 0.29) is 17.1 Å². The number of carbonyl (C=O) groups excluding carboxylic acids is 1. The van der Waals surface area contributed by atoms with Gasteiger partial charge in [0.2, 0.25) is 0 Å². The van der Waals surface area contributed by atoms with Gasteiger partial charge in [0.05, 0.1) is 12.0 Å². The number of rotatable bonds is 4. The van der Waals surface area contributed by atoms with E-state index in [9.17, 15) is 14.9 Å². The van der Waals surface area contributed by atoms with E-state index in [4.69, 9.17) is 5.26 Å². The minimum Gasteiger partial charge on any atom is -0.467 e. The van der Waals surface area contributed by atoms with Crippen LogP contribution >= 0.6 is 0 Å². The zero-order chi connectivity index (χ0) is 13.7. The number of nitrogens with one attached hydrogen (secondary N) is 1. The third-order valence-electron chi connectivity index (χ3n) is 2.11. The fraction of sp³-hybridized carbons (Fsp3) is 0.300. The molecule has 0 radical (unpaired) electrons. The van der Waals surface area contributed by atoms with Crippen LogP contribution in [0.25, 0.3) is 0 Å². The summed E-state index contributed by atoms with van der Waals surface area (Å²) in [6.07, 6.45) is 1.01. The van der Waals surface area contributed by atoms with E-state index in [1.807, 2.05) is 0 Å². The van der Waals surface area contributed by atoms with Gasteiger partial charge in [0.25, 0.3) is 5.69 Å². The van der Waals surface area contributed by atoms with Crippen molar-refractivity contribution < 1.29 is 14.5 Å². The molecule has 0 spiro atoms. The Balaban J connectivity index is 3.00. The predicted octanol–water partition coefficient (Wildman–Crippen LogP) is 0.835. The lowest BCUT2D eigenvalue weighted by Gasteiger charge is -2.12. The number of ether oxygens (including phenoxy) is 1. The van der Waals surface area contributed by atoms with Crippen molar-refractivity contribution in [1.82, 2.24) is 4.98 Å². The molecule has 94 valence electrons. The Bertz CT molecular complexity index is 523. The van der Waals surface area contributed by atoms with Gasteiger partial charge in [-0.05, 0) is 6.92 Å². The van der Waals surface area contributed by atoms with Gasteiger partial charge in [0.15, 0.2) is 0 Å². The van der Waals surface area contributed by atoms with E-state index < -0.39 is 16.9 Å². The van der Waals surface area contributed by atoms with Gasteiger partial charge in [-0.1, -0.05) is 0 Å². The van der Waals surface area contributed by atoms with Crippen molar-refractivity contribution in [3.05, 3.63) is 27.9 Å². The topological polar surface area (TPSA) is 118 Å². The summed E-state index contributed by atoms with van der Waals surface area (Å²) in [6.45, 7) is 1.52. The van der Waals surface area contributed by atoms with Gasteiger partial charge in [-0.2, -0.15) is 5.26 Å². The molecule has 1 aromatic rings. The first-order valence-electron chi connectivity index (χ1n) is 4.88. The summed E-state index contributed by atoms with van der Waals surface area (Å²) in [5.74, 6) is -0.431. The normalized spacial score (nSPS) is 11.2. The zero-order valence-corrected chi connectivity index (χ0v) is 9.71. The van der Waals surface area contributed by atoms with Gasteiger partial charge in [0.1, 0.15) is 29.7 Å². The molecular weight excluding hydrogens is 240 g/mol. The third-order valence-corrected chi connectivity index (χ3v) is 2.11. The molecule has 0 aliphatic rings. The first kappa shape index (κ1) is 13.4. The Labute approximate surface area is 102 Å². The summed E-state index contributed by atoms with van der Waals surface area (Å²) in [5, 5.41) is 22.0. The average molecular weight is 250 g/mol. The van der Waals surface area contributed by atoms with Gasteiger partial charge in [-0.25, -0.2) is 9.78 Å². The fourth-order valence-corrected chi connectivity index (χ4v) is 1.19. The fourth-order valence-electron chi connectivity index (χ4n) is 1.19. The molecule has 0 saturated carbocycles. The Morgan fingerprint density at radius 2 is 2.39 bits per heavy atom. The maximum Gasteiger partial charge on any atom is 0.328 e. The molecule has 8 heteroatoms. The highest BCUT2D eigenvalue weighted by atomic mass is 16.6. The summed E-state index contributed by atoms with van der Waals surface area (Å²) in [7, 11) is 1.23. The molecule has 0 amide bonds. The first-order valence-corrected chi connectivity index (χ1v) is 4.88. The second-order valence-electron chi connectivity index (χ2n) is 3.35. The van der Waals surface area contributed by atoms with Crippen molar-refractivity contribution in [2.45, 2.75) is 13.0 Å². The number of nitrogens with zero attached hydrogens (tertiary/aromatic N) is 3. The van der Waals surface area contributed by atoms with Crippen LogP contribution in [0.2, 0.25) is 0 Å². The molecule has 1 heterocycles. The van der Waals surface area contributed by atoms with Crippen molar-refractivity contribution in [2.75, 3.05) is 12.4 Å². The molecule has 1 unspecified atom stereocenters. The molecule has 0 bridgehead atoms. The van der Waals surface area contributed by atoms with Crippen molar-refractivity contribution in [3.63, 3.8) is 0 Å². The van der Waals surface area contributed by atoms with Gasteiger partial charge in [0, 0.05) is 6.07 Å². The maximum atomic E-state index is 11.2. The summed E-state index contributed by atoms with van der Waals surface area (Å²) >= 11 is 0. The lowest BCUT2D eigenvalue weighted by Crippen LogP contribution is -2.28. The van der Waals surface area contributed by atoms with Gasteiger partial charge >= 0.3 is 5.97 Å². The minimum absolute atomic E-state index is 0.0139. The molecular formula is C10H10N4O4. The quantitative estimate of drug-likeness (QED) is 0.477. The molecule has 0 saturated heterocycles. The van der Waals surface area contributed by atoms with Crippen molar-refractivity contribution in [1.29, 1.82) is 5.26 Å². The zero-order valence-electron chi connectivity index (χ0n) is 9.71. The standard InChI is InChI=1S/C10H10N4O4/c1-6(10(15)18-2)13-9-7(4-11)3-8(5-12-9)14(16)17/h3,5-6H,1-2H3,(H,12,13). The van der Waals surface area contributed by atoms with Crippen molar-refractivity contribution >= 4 is 17.5 Å². The number of methoxy groups -OCH3 is 1. The Morgan fingerprint density at radius 1 is 1.72 bits per heavy atom. The molecule has 0 aliphatic heterocycles. The number of nitriles is 1. The Kier molecular flexibility index (Phi) is 4.15. The van der Waals surface area contributed by atoms with E-state index in [0.717, 1.165) is 12.3 Å². The van der Waals surface area contributed by atoms with Crippen LogP contribution < -0.4 is 5.32 Å².